The average molecular weight is 337 g/mol. The average Bonchev–Trinajstić information content (AvgIpc) is 2.51. The fraction of sp³-hybridized carbons (Fsp3) is 0.214. The minimum Gasteiger partial charge on any atom is -0.336 e. The van der Waals surface area contributed by atoms with Gasteiger partial charge in [-0.15, -0.1) is 0 Å². The van der Waals surface area contributed by atoms with E-state index in [0.717, 1.165) is 4.68 Å². The molecular weight excluding hydrogens is 324 g/mol. The second kappa shape index (κ2) is 6.57. The molecule has 120 valence electrons. The molecule has 0 aliphatic carbocycles. The number of hydrogen-bond donors (Lipinski definition) is 0. The highest BCUT2D eigenvalue weighted by molar-refractivity contribution is 6.31. The summed E-state index contributed by atoms with van der Waals surface area (Å²) in [7, 11) is 2.96. The van der Waals surface area contributed by atoms with Crippen molar-refractivity contribution in [3.63, 3.8) is 0 Å². The molecule has 0 spiro atoms. The number of amides is 1. The van der Waals surface area contributed by atoms with Gasteiger partial charge < -0.3 is 4.90 Å². The quantitative estimate of drug-likeness (QED) is 0.624. The highest BCUT2D eigenvalue weighted by Crippen LogP contribution is 2.23. The van der Waals surface area contributed by atoms with Crippen molar-refractivity contribution in [1.29, 1.82) is 0 Å². The first-order valence-electron chi connectivity index (χ1n) is 6.52. The van der Waals surface area contributed by atoms with Crippen LogP contribution >= 0.6 is 11.6 Å². The minimum absolute atomic E-state index is 0.0733. The van der Waals surface area contributed by atoms with Crippen molar-refractivity contribution >= 4 is 23.2 Å². The van der Waals surface area contributed by atoms with Crippen LogP contribution in [0.4, 0.5) is 5.69 Å². The van der Waals surface area contributed by atoms with Gasteiger partial charge in [0, 0.05) is 43.9 Å². The number of rotatable bonds is 4. The van der Waals surface area contributed by atoms with E-state index in [1.807, 2.05) is 0 Å². The predicted molar refractivity (Wildman–Crippen MR) is 83.4 cm³/mol. The van der Waals surface area contributed by atoms with E-state index >= 15 is 0 Å². The third-order valence-corrected chi connectivity index (χ3v) is 3.54. The summed E-state index contributed by atoms with van der Waals surface area (Å²) >= 11 is 6.02. The lowest BCUT2D eigenvalue weighted by atomic mass is 10.2. The lowest BCUT2D eigenvalue weighted by Crippen LogP contribution is -2.30. The number of aromatic nitrogens is 2. The van der Waals surface area contributed by atoms with Gasteiger partial charge in [0.25, 0.3) is 17.2 Å². The Morgan fingerprint density at radius 2 is 2.09 bits per heavy atom. The van der Waals surface area contributed by atoms with Crippen molar-refractivity contribution in [2.75, 3.05) is 7.05 Å². The standard InChI is InChI=1S/C14H13ClN4O4/c1-17(14(21)12-5-6-13(20)18(2)16-12)8-9-7-10(19(22)23)3-4-11(9)15/h3-7H,8H2,1-2H3. The van der Waals surface area contributed by atoms with Crippen LogP contribution in [0.3, 0.4) is 0 Å². The molecule has 0 radical (unpaired) electrons. The van der Waals surface area contributed by atoms with Crippen LogP contribution in [0.2, 0.25) is 5.02 Å². The zero-order valence-corrected chi connectivity index (χ0v) is 13.1. The molecule has 0 fully saturated rings. The SMILES string of the molecule is CN(Cc1cc([N+](=O)[O-])ccc1Cl)C(=O)c1ccc(=O)n(C)n1. The van der Waals surface area contributed by atoms with Crippen molar-refractivity contribution in [2.24, 2.45) is 7.05 Å². The van der Waals surface area contributed by atoms with Crippen molar-refractivity contribution in [3.8, 4) is 0 Å². The highest BCUT2D eigenvalue weighted by atomic mass is 35.5. The van der Waals surface area contributed by atoms with Crippen LogP contribution in [0.5, 0.6) is 0 Å². The first-order valence-corrected chi connectivity index (χ1v) is 6.90. The number of carbonyl (C=O) groups is 1. The number of halogens is 1. The largest absolute Gasteiger partial charge is 0.336 e. The number of benzene rings is 1. The van der Waals surface area contributed by atoms with Crippen molar-refractivity contribution in [2.45, 2.75) is 6.54 Å². The summed E-state index contributed by atoms with van der Waals surface area (Å²) in [4.78, 5) is 35.2. The Morgan fingerprint density at radius 1 is 1.39 bits per heavy atom. The molecule has 1 amide bonds. The fourth-order valence-corrected chi connectivity index (χ4v) is 2.11. The molecule has 0 N–H and O–H groups in total. The van der Waals surface area contributed by atoms with E-state index in [0.29, 0.717) is 10.6 Å². The summed E-state index contributed by atoms with van der Waals surface area (Å²) in [6.45, 7) is 0.0733. The van der Waals surface area contributed by atoms with Gasteiger partial charge in [-0.1, -0.05) is 11.6 Å². The van der Waals surface area contributed by atoms with Gasteiger partial charge in [0.15, 0.2) is 0 Å². The van der Waals surface area contributed by atoms with Crippen LogP contribution in [-0.2, 0) is 13.6 Å². The van der Waals surface area contributed by atoms with Crippen LogP contribution in [0.1, 0.15) is 16.1 Å². The zero-order chi connectivity index (χ0) is 17.1. The van der Waals surface area contributed by atoms with E-state index in [9.17, 15) is 19.7 Å². The van der Waals surface area contributed by atoms with Crippen LogP contribution in [0.25, 0.3) is 0 Å². The maximum absolute atomic E-state index is 12.3. The molecule has 0 aliphatic rings. The van der Waals surface area contributed by atoms with Gasteiger partial charge in [0.2, 0.25) is 0 Å². The summed E-state index contributed by atoms with van der Waals surface area (Å²) in [6, 6.07) is 6.60. The van der Waals surface area contributed by atoms with E-state index in [1.54, 1.807) is 0 Å². The molecule has 0 saturated heterocycles. The molecule has 0 atom stereocenters. The molecule has 9 heteroatoms. The second-order valence-electron chi connectivity index (χ2n) is 4.87. The normalized spacial score (nSPS) is 10.4. The van der Waals surface area contributed by atoms with Gasteiger partial charge in [-0.2, -0.15) is 5.10 Å². The topological polar surface area (TPSA) is 98.3 Å². The summed E-state index contributed by atoms with van der Waals surface area (Å²) in [6.07, 6.45) is 0. The number of nitro groups is 1. The Kier molecular flexibility index (Phi) is 4.75. The maximum atomic E-state index is 12.3. The third kappa shape index (κ3) is 3.72. The summed E-state index contributed by atoms with van der Waals surface area (Å²) in [5, 5.41) is 15.0. The molecule has 23 heavy (non-hydrogen) atoms. The van der Waals surface area contributed by atoms with E-state index in [1.165, 1.54) is 49.3 Å². The number of nitro benzene ring substituents is 1. The molecule has 0 unspecified atom stereocenters. The molecule has 2 aromatic rings. The third-order valence-electron chi connectivity index (χ3n) is 3.17. The summed E-state index contributed by atoms with van der Waals surface area (Å²) in [5.41, 5.74) is 0.106. The van der Waals surface area contributed by atoms with E-state index in [2.05, 4.69) is 5.10 Å². The maximum Gasteiger partial charge on any atom is 0.274 e. The molecule has 1 aromatic carbocycles. The van der Waals surface area contributed by atoms with Gasteiger partial charge in [-0.05, 0) is 17.7 Å². The van der Waals surface area contributed by atoms with Crippen LogP contribution < -0.4 is 5.56 Å². The lowest BCUT2D eigenvalue weighted by Gasteiger charge is -2.17. The number of hydrogen-bond acceptors (Lipinski definition) is 5. The van der Waals surface area contributed by atoms with Gasteiger partial charge in [0.05, 0.1) is 4.92 Å². The predicted octanol–water partition coefficient (Wildman–Crippen LogP) is 1.61. The second-order valence-corrected chi connectivity index (χ2v) is 5.28. The summed E-state index contributed by atoms with van der Waals surface area (Å²) in [5.74, 6) is -0.428. The van der Waals surface area contributed by atoms with Gasteiger partial charge in [-0.3, -0.25) is 19.7 Å². The van der Waals surface area contributed by atoms with Crippen molar-refractivity contribution < 1.29 is 9.72 Å². The van der Waals surface area contributed by atoms with E-state index in [4.69, 9.17) is 11.6 Å². The fourth-order valence-electron chi connectivity index (χ4n) is 1.94. The molecule has 2 rings (SSSR count). The Morgan fingerprint density at radius 3 is 2.70 bits per heavy atom. The molecule has 0 bridgehead atoms. The van der Waals surface area contributed by atoms with Gasteiger partial charge >= 0.3 is 0 Å². The molecule has 0 aliphatic heterocycles. The summed E-state index contributed by atoms with van der Waals surface area (Å²) < 4.78 is 1.06. The Bertz CT molecular complexity index is 834. The number of carbonyl (C=O) groups excluding carboxylic acids is 1. The first kappa shape index (κ1) is 16.6. The minimum atomic E-state index is -0.532. The number of non-ortho nitro benzene ring substituents is 1. The molecule has 8 nitrogen and oxygen atoms in total. The molecule has 0 saturated carbocycles. The van der Waals surface area contributed by atoms with Crippen molar-refractivity contribution in [3.05, 3.63) is 67.1 Å². The first-order chi connectivity index (χ1) is 10.8. The smallest absolute Gasteiger partial charge is 0.274 e. The molecule has 1 aromatic heterocycles. The van der Waals surface area contributed by atoms with Crippen LogP contribution in [-0.4, -0.2) is 32.6 Å². The highest BCUT2D eigenvalue weighted by Gasteiger charge is 2.17. The van der Waals surface area contributed by atoms with Gasteiger partial charge in [-0.25, -0.2) is 4.68 Å². The van der Waals surface area contributed by atoms with Crippen LogP contribution in [0, 0.1) is 10.1 Å². The molecular formula is C14H13ClN4O4. The number of aryl methyl sites for hydroxylation is 1. The lowest BCUT2D eigenvalue weighted by molar-refractivity contribution is -0.384. The van der Waals surface area contributed by atoms with Crippen molar-refractivity contribution in [1.82, 2.24) is 14.7 Å². The van der Waals surface area contributed by atoms with Crippen LogP contribution in [0.15, 0.2) is 35.1 Å². The van der Waals surface area contributed by atoms with E-state index < -0.39 is 10.8 Å². The number of nitrogens with zero attached hydrogens (tertiary/aromatic N) is 4. The Labute approximate surface area is 136 Å². The monoisotopic (exact) mass is 336 g/mol. The zero-order valence-electron chi connectivity index (χ0n) is 12.4. The molecule has 1 heterocycles. The Balaban J connectivity index is 2.24. The van der Waals surface area contributed by atoms with E-state index in [-0.39, 0.29) is 23.5 Å². The Hall–Kier alpha value is -2.74. The van der Waals surface area contributed by atoms with Gasteiger partial charge in [0.1, 0.15) is 5.69 Å².